The molecule has 0 heterocycles. The van der Waals surface area contributed by atoms with Crippen molar-refractivity contribution in [1.82, 2.24) is 0 Å². The van der Waals surface area contributed by atoms with Gasteiger partial charge in [-0.05, 0) is 49.1 Å². The summed E-state index contributed by atoms with van der Waals surface area (Å²) in [5, 5.41) is 0. The van der Waals surface area contributed by atoms with Gasteiger partial charge < -0.3 is 8.85 Å². The second kappa shape index (κ2) is 9.40. The minimum atomic E-state index is -1.55. The summed E-state index contributed by atoms with van der Waals surface area (Å²) in [6.07, 6.45) is 7.29. The van der Waals surface area contributed by atoms with Crippen LogP contribution in [0, 0.1) is 0 Å². The molecule has 0 bridgehead atoms. The van der Waals surface area contributed by atoms with Gasteiger partial charge in [-0.25, -0.2) is 0 Å². The molecular formula is C18H38O2Si2. The molecule has 0 N–H and O–H groups in total. The molecule has 4 heteroatoms. The summed E-state index contributed by atoms with van der Waals surface area (Å²) in [6, 6.07) is 7.36. The van der Waals surface area contributed by atoms with Crippen molar-refractivity contribution in [3.8, 4) is 0 Å². The average Bonchev–Trinajstić information content (AvgIpc) is 2.59. The zero-order chi connectivity index (χ0) is 16.6. The van der Waals surface area contributed by atoms with Crippen LogP contribution in [0.5, 0.6) is 0 Å². The molecule has 0 saturated heterocycles. The van der Waals surface area contributed by atoms with Gasteiger partial charge in [-0.3, -0.25) is 0 Å². The SMILES string of the molecule is CC[Si](CC)(CC)O[C@H]1CC=CC[C@H]1O[Si](CC)(CC)CC. The Morgan fingerprint density at radius 2 is 0.909 bits per heavy atom. The molecule has 0 spiro atoms. The van der Waals surface area contributed by atoms with Crippen molar-refractivity contribution in [1.29, 1.82) is 0 Å². The van der Waals surface area contributed by atoms with E-state index in [0.717, 1.165) is 12.8 Å². The van der Waals surface area contributed by atoms with Gasteiger partial charge in [0.25, 0.3) is 0 Å². The molecule has 1 rings (SSSR count). The highest BCUT2D eigenvalue weighted by Gasteiger charge is 2.39. The van der Waals surface area contributed by atoms with Gasteiger partial charge in [0.2, 0.25) is 0 Å². The van der Waals surface area contributed by atoms with E-state index < -0.39 is 16.6 Å². The van der Waals surface area contributed by atoms with E-state index >= 15 is 0 Å². The summed E-state index contributed by atoms with van der Waals surface area (Å²) in [4.78, 5) is 0. The number of hydrogen-bond acceptors (Lipinski definition) is 2. The van der Waals surface area contributed by atoms with Crippen LogP contribution in [-0.4, -0.2) is 28.8 Å². The fourth-order valence-electron chi connectivity index (χ4n) is 3.65. The lowest BCUT2D eigenvalue weighted by molar-refractivity contribution is 0.0376. The Morgan fingerprint density at radius 1 is 0.636 bits per heavy atom. The van der Waals surface area contributed by atoms with Crippen molar-refractivity contribution < 1.29 is 8.85 Å². The molecule has 0 unspecified atom stereocenters. The highest BCUT2D eigenvalue weighted by molar-refractivity contribution is 6.74. The number of rotatable bonds is 10. The molecule has 0 aliphatic heterocycles. The third-order valence-electron chi connectivity index (χ3n) is 5.99. The van der Waals surface area contributed by atoms with Crippen LogP contribution in [0.2, 0.25) is 36.3 Å². The van der Waals surface area contributed by atoms with E-state index in [2.05, 4.69) is 53.7 Å². The standard InChI is InChI=1S/C18H38O2Si2/c1-7-21(8-2,9-3)19-17-15-13-14-16-18(17)20-22(10-4,11-5)12-6/h13-14,17-18H,7-12,15-16H2,1-6H3/t17-,18+. The summed E-state index contributed by atoms with van der Waals surface area (Å²) in [6.45, 7) is 13.9. The molecule has 1 aliphatic carbocycles. The lowest BCUT2D eigenvalue weighted by atomic mass is 10.0. The molecule has 1 aliphatic rings. The quantitative estimate of drug-likeness (QED) is 0.352. The molecule has 0 amide bonds. The van der Waals surface area contributed by atoms with Crippen molar-refractivity contribution in [2.24, 2.45) is 0 Å². The Labute approximate surface area is 140 Å². The second-order valence-corrected chi connectivity index (χ2v) is 16.2. The highest BCUT2D eigenvalue weighted by atomic mass is 28.4. The van der Waals surface area contributed by atoms with E-state index in [0.29, 0.717) is 12.2 Å². The third kappa shape index (κ3) is 4.79. The Hall–Kier alpha value is 0.0938. The van der Waals surface area contributed by atoms with Gasteiger partial charge in [-0.15, -0.1) is 0 Å². The summed E-state index contributed by atoms with van der Waals surface area (Å²) in [5.41, 5.74) is 0. The average molecular weight is 343 g/mol. The van der Waals surface area contributed by atoms with Crippen molar-refractivity contribution in [3.05, 3.63) is 12.2 Å². The molecule has 0 aromatic heterocycles. The zero-order valence-electron chi connectivity index (χ0n) is 15.8. The highest BCUT2D eigenvalue weighted by Crippen LogP contribution is 2.32. The first-order valence-electron chi connectivity index (χ1n) is 9.54. The summed E-state index contributed by atoms with van der Waals surface area (Å²) < 4.78 is 13.6. The smallest absolute Gasteiger partial charge is 0.192 e. The first-order valence-corrected chi connectivity index (χ1v) is 14.6. The van der Waals surface area contributed by atoms with Crippen LogP contribution in [0.3, 0.4) is 0 Å². The fraction of sp³-hybridized carbons (Fsp3) is 0.889. The minimum absolute atomic E-state index is 0.299. The molecule has 0 aromatic carbocycles. The van der Waals surface area contributed by atoms with Gasteiger partial charge >= 0.3 is 0 Å². The summed E-state index contributed by atoms with van der Waals surface area (Å²) in [7, 11) is -3.10. The van der Waals surface area contributed by atoms with Gasteiger partial charge in [0.05, 0.1) is 12.2 Å². The van der Waals surface area contributed by atoms with E-state index in [9.17, 15) is 0 Å². The largest absolute Gasteiger partial charge is 0.411 e. The first kappa shape index (κ1) is 20.1. The maximum Gasteiger partial charge on any atom is 0.192 e. The van der Waals surface area contributed by atoms with Crippen LogP contribution in [0.15, 0.2) is 12.2 Å². The van der Waals surface area contributed by atoms with Crippen LogP contribution in [0.1, 0.15) is 54.4 Å². The number of hydrogen-bond donors (Lipinski definition) is 0. The van der Waals surface area contributed by atoms with E-state index in [1.807, 2.05) is 0 Å². The third-order valence-corrected chi connectivity index (χ3v) is 15.3. The Morgan fingerprint density at radius 3 is 1.14 bits per heavy atom. The molecule has 0 fully saturated rings. The van der Waals surface area contributed by atoms with Crippen molar-refractivity contribution in [2.75, 3.05) is 0 Å². The molecule has 0 radical (unpaired) electrons. The van der Waals surface area contributed by atoms with Gasteiger partial charge in [-0.2, -0.15) is 0 Å². The fourth-order valence-corrected chi connectivity index (χ4v) is 9.43. The van der Waals surface area contributed by atoms with Crippen LogP contribution < -0.4 is 0 Å². The maximum absolute atomic E-state index is 6.80. The second-order valence-electron chi connectivity index (χ2n) is 6.74. The van der Waals surface area contributed by atoms with Crippen molar-refractivity contribution in [3.63, 3.8) is 0 Å². The van der Waals surface area contributed by atoms with Gasteiger partial charge in [0, 0.05) is 0 Å². The topological polar surface area (TPSA) is 18.5 Å². The van der Waals surface area contributed by atoms with Crippen molar-refractivity contribution in [2.45, 2.75) is 103 Å². The summed E-state index contributed by atoms with van der Waals surface area (Å²) >= 11 is 0. The lowest BCUT2D eigenvalue weighted by Gasteiger charge is -2.41. The summed E-state index contributed by atoms with van der Waals surface area (Å²) in [5.74, 6) is 0. The maximum atomic E-state index is 6.80. The van der Waals surface area contributed by atoms with E-state index in [1.54, 1.807) is 0 Å². The van der Waals surface area contributed by atoms with Gasteiger partial charge in [-0.1, -0.05) is 53.7 Å². The molecule has 130 valence electrons. The Balaban J connectivity index is 2.86. The lowest BCUT2D eigenvalue weighted by Crippen LogP contribution is -2.49. The van der Waals surface area contributed by atoms with E-state index in [1.165, 1.54) is 36.3 Å². The molecule has 2 nitrogen and oxygen atoms in total. The molecule has 0 saturated carbocycles. The first-order chi connectivity index (χ1) is 10.5. The van der Waals surface area contributed by atoms with Crippen LogP contribution >= 0.6 is 0 Å². The zero-order valence-corrected chi connectivity index (χ0v) is 17.8. The molecular weight excluding hydrogens is 304 g/mol. The normalized spacial score (nSPS) is 23.0. The van der Waals surface area contributed by atoms with Crippen LogP contribution in [0.4, 0.5) is 0 Å². The Kier molecular flexibility index (Phi) is 8.61. The predicted molar refractivity (Wildman–Crippen MR) is 103 cm³/mol. The molecule has 22 heavy (non-hydrogen) atoms. The van der Waals surface area contributed by atoms with Crippen LogP contribution in [0.25, 0.3) is 0 Å². The molecule has 0 aromatic rings. The molecule has 2 atom stereocenters. The Bertz CT molecular complexity index is 287. The van der Waals surface area contributed by atoms with Gasteiger partial charge in [0.1, 0.15) is 0 Å². The van der Waals surface area contributed by atoms with E-state index in [4.69, 9.17) is 8.85 Å². The predicted octanol–water partition coefficient (Wildman–Crippen LogP) is 6.12. The minimum Gasteiger partial charge on any atom is -0.411 e. The van der Waals surface area contributed by atoms with E-state index in [-0.39, 0.29) is 0 Å². The van der Waals surface area contributed by atoms with Crippen molar-refractivity contribution >= 4 is 16.6 Å². The van der Waals surface area contributed by atoms with Crippen LogP contribution in [-0.2, 0) is 8.85 Å². The monoisotopic (exact) mass is 342 g/mol. The van der Waals surface area contributed by atoms with Gasteiger partial charge in [0.15, 0.2) is 16.6 Å².